The molecule has 3 rings (SSSR count). The molecule has 0 atom stereocenters. The molecule has 0 bridgehead atoms. The van der Waals surface area contributed by atoms with Crippen LogP contribution in [0.1, 0.15) is 5.56 Å². The molecule has 1 N–H and O–H groups in total. The first-order chi connectivity index (χ1) is 10.7. The zero-order chi connectivity index (χ0) is 15.4. The molecule has 1 aliphatic rings. The average Bonchev–Trinajstić information content (AvgIpc) is 2.55. The molecule has 0 saturated heterocycles. The molecule has 1 amide bonds. The van der Waals surface area contributed by atoms with Gasteiger partial charge in [-0.15, -0.1) is 0 Å². The van der Waals surface area contributed by atoms with Gasteiger partial charge in [0.2, 0.25) is 0 Å². The standard InChI is InChI=1S/C17H17NO4/c1-12-4-2-3-5-14(12)18-17(19)11-22-13-6-7-15-16(10-13)21-9-8-20-15/h2-7,10H,8-9,11H2,1H3,(H,18,19). The summed E-state index contributed by atoms with van der Waals surface area (Å²) in [5, 5.41) is 2.82. The molecule has 0 fully saturated rings. The molecule has 0 aromatic heterocycles. The van der Waals surface area contributed by atoms with E-state index in [1.165, 1.54) is 0 Å². The Morgan fingerprint density at radius 1 is 1.14 bits per heavy atom. The Morgan fingerprint density at radius 2 is 1.91 bits per heavy atom. The number of amides is 1. The molecule has 5 nitrogen and oxygen atoms in total. The molecule has 0 spiro atoms. The van der Waals surface area contributed by atoms with Gasteiger partial charge in [-0.2, -0.15) is 0 Å². The van der Waals surface area contributed by atoms with Gasteiger partial charge in [0.15, 0.2) is 18.1 Å². The van der Waals surface area contributed by atoms with Gasteiger partial charge in [-0.1, -0.05) is 18.2 Å². The molecular formula is C17H17NO4. The summed E-state index contributed by atoms with van der Waals surface area (Å²) >= 11 is 0. The fraction of sp³-hybridized carbons (Fsp3) is 0.235. The van der Waals surface area contributed by atoms with Crippen molar-refractivity contribution in [3.8, 4) is 17.2 Å². The van der Waals surface area contributed by atoms with E-state index in [0.29, 0.717) is 30.5 Å². The molecule has 1 aliphatic heterocycles. The first kappa shape index (κ1) is 14.3. The van der Waals surface area contributed by atoms with Gasteiger partial charge in [-0.3, -0.25) is 4.79 Å². The summed E-state index contributed by atoms with van der Waals surface area (Å²) in [7, 11) is 0. The lowest BCUT2D eigenvalue weighted by atomic mass is 10.2. The smallest absolute Gasteiger partial charge is 0.262 e. The predicted octanol–water partition coefficient (Wildman–Crippen LogP) is 2.78. The number of anilines is 1. The number of rotatable bonds is 4. The fourth-order valence-corrected chi connectivity index (χ4v) is 2.16. The van der Waals surface area contributed by atoms with Crippen LogP contribution in [0.3, 0.4) is 0 Å². The van der Waals surface area contributed by atoms with Crippen molar-refractivity contribution in [2.75, 3.05) is 25.1 Å². The lowest BCUT2D eigenvalue weighted by Gasteiger charge is -2.18. The minimum atomic E-state index is -0.204. The topological polar surface area (TPSA) is 56.8 Å². The lowest BCUT2D eigenvalue weighted by Crippen LogP contribution is -2.21. The second-order valence-corrected chi connectivity index (χ2v) is 4.96. The molecule has 0 saturated carbocycles. The van der Waals surface area contributed by atoms with Crippen LogP contribution in [0.4, 0.5) is 5.69 Å². The first-order valence-electron chi connectivity index (χ1n) is 7.10. The van der Waals surface area contributed by atoms with Crippen molar-refractivity contribution >= 4 is 11.6 Å². The van der Waals surface area contributed by atoms with Gasteiger partial charge >= 0.3 is 0 Å². The number of para-hydroxylation sites is 1. The van der Waals surface area contributed by atoms with Crippen LogP contribution in [0.15, 0.2) is 42.5 Å². The number of carbonyl (C=O) groups is 1. The van der Waals surface area contributed by atoms with E-state index in [0.717, 1.165) is 11.3 Å². The number of aryl methyl sites for hydroxylation is 1. The molecule has 1 heterocycles. The van der Waals surface area contributed by atoms with Gasteiger partial charge in [-0.25, -0.2) is 0 Å². The zero-order valence-corrected chi connectivity index (χ0v) is 12.3. The second kappa shape index (κ2) is 6.39. The molecule has 22 heavy (non-hydrogen) atoms. The summed E-state index contributed by atoms with van der Waals surface area (Å²) in [5.74, 6) is 1.71. The third-order valence-electron chi connectivity index (χ3n) is 3.30. The van der Waals surface area contributed by atoms with E-state index in [4.69, 9.17) is 14.2 Å². The van der Waals surface area contributed by atoms with E-state index in [9.17, 15) is 4.79 Å². The van der Waals surface area contributed by atoms with E-state index in [2.05, 4.69) is 5.32 Å². The maximum atomic E-state index is 11.9. The van der Waals surface area contributed by atoms with Crippen LogP contribution in [-0.4, -0.2) is 25.7 Å². The minimum Gasteiger partial charge on any atom is -0.486 e. The van der Waals surface area contributed by atoms with E-state index >= 15 is 0 Å². The van der Waals surface area contributed by atoms with Crippen molar-refractivity contribution < 1.29 is 19.0 Å². The molecule has 2 aromatic rings. The molecule has 114 valence electrons. The Hall–Kier alpha value is -2.69. The number of hydrogen-bond donors (Lipinski definition) is 1. The summed E-state index contributed by atoms with van der Waals surface area (Å²) in [5.41, 5.74) is 1.80. The number of ether oxygens (including phenoxy) is 3. The third-order valence-corrected chi connectivity index (χ3v) is 3.30. The fourth-order valence-electron chi connectivity index (χ4n) is 2.16. The van der Waals surface area contributed by atoms with Crippen LogP contribution in [0.2, 0.25) is 0 Å². The maximum absolute atomic E-state index is 11.9. The SMILES string of the molecule is Cc1ccccc1NC(=O)COc1ccc2c(c1)OCCO2. The average molecular weight is 299 g/mol. The number of carbonyl (C=O) groups excluding carboxylic acids is 1. The summed E-state index contributed by atoms with van der Waals surface area (Å²) in [6, 6.07) is 12.9. The summed E-state index contributed by atoms with van der Waals surface area (Å²) in [6.45, 7) is 2.95. The van der Waals surface area contributed by atoms with Crippen molar-refractivity contribution in [2.24, 2.45) is 0 Å². The van der Waals surface area contributed by atoms with Crippen LogP contribution < -0.4 is 19.5 Å². The largest absolute Gasteiger partial charge is 0.486 e. The highest BCUT2D eigenvalue weighted by molar-refractivity contribution is 5.92. The number of benzene rings is 2. The van der Waals surface area contributed by atoms with Crippen molar-refractivity contribution in [3.63, 3.8) is 0 Å². The molecule has 0 aliphatic carbocycles. The Morgan fingerprint density at radius 3 is 2.73 bits per heavy atom. The van der Waals surface area contributed by atoms with Crippen LogP contribution >= 0.6 is 0 Å². The molecule has 0 radical (unpaired) electrons. The monoisotopic (exact) mass is 299 g/mol. The lowest BCUT2D eigenvalue weighted by molar-refractivity contribution is -0.118. The van der Waals surface area contributed by atoms with Gasteiger partial charge in [-0.05, 0) is 30.7 Å². The minimum absolute atomic E-state index is 0.0615. The molecule has 2 aromatic carbocycles. The van der Waals surface area contributed by atoms with Crippen molar-refractivity contribution in [1.29, 1.82) is 0 Å². The zero-order valence-electron chi connectivity index (χ0n) is 12.3. The number of nitrogens with one attached hydrogen (secondary N) is 1. The maximum Gasteiger partial charge on any atom is 0.262 e. The van der Waals surface area contributed by atoms with Gasteiger partial charge in [0.1, 0.15) is 19.0 Å². The highest BCUT2D eigenvalue weighted by Crippen LogP contribution is 2.33. The van der Waals surface area contributed by atoms with Gasteiger partial charge in [0.25, 0.3) is 5.91 Å². The van der Waals surface area contributed by atoms with Crippen LogP contribution in [0, 0.1) is 6.92 Å². The van der Waals surface area contributed by atoms with E-state index in [-0.39, 0.29) is 12.5 Å². The number of hydrogen-bond acceptors (Lipinski definition) is 4. The first-order valence-corrected chi connectivity index (χ1v) is 7.10. The predicted molar refractivity (Wildman–Crippen MR) is 82.7 cm³/mol. The number of fused-ring (bicyclic) bond motifs is 1. The highest BCUT2D eigenvalue weighted by Gasteiger charge is 2.13. The summed E-state index contributed by atoms with van der Waals surface area (Å²) < 4.78 is 16.4. The quantitative estimate of drug-likeness (QED) is 0.943. The van der Waals surface area contributed by atoms with E-state index in [1.54, 1.807) is 18.2 Å². The Labute approximate surface area is 128 Å². The van der Waals surface area contributed by atoms with Crippen molar-refractivity contribution in [2.45, 2.75) is 6.92 Å². The van der Waals surface area contributed by atoms with Crippen molar-refractivity contribution in [3.05, 3.63) is 48.0 Å². The van der Waals surface area contributed by atoms with Gasteiger partial charge < -0.3 is 19.5 Å². The normalized spacial score (nSPS) is 12.6. The van der Waals surface area contributed by atoms with Crippen LogP contribution in [0.25, 0.3) is 0 Å². The van der Waals surface area contributed by atoms with Gasteiger partial charge in [0, 0.05) is 11.8 Å². The van der Waals surface area contributed by atoms with Crippen molar-refractivity contribution in [1.82, 2.24) is 0 Å². The van der Waals surface area contributed by atoms with Gasteiger partial charge in [0.05, 0.1) is 0 Å². The summed E-state index contributed by atoms with van der Waals surface area (Å²) in [6.07, 6.45) is 0. The second-order valence-electron chi connectivity index (χ2n) is 4.96. The Bertz CT molecular complexity index is 684. The molecule has 0 unspecified atom stereocenters. The highest BCUT2D eigenvalue weighted by atomic mass is 16.6. The molecule has 5 heteroatoms. The Kier molecular flexibility index (Phi) is 4.14. The Balaban J connectivity index is 1.58. The van der Waals surface area contributed by atoms with Crippen LogP contribution in [-0.2, 0) is 4.79 Å². The third kappa shape index (κ3) is 3.31. The molecular weight excluding hydrogens is 282 g/mol. The summed E-state index contributed by atoms with van der Waals surface area (Å²) in [4.78, 5) is 11.9. The van der Waals surface area contributed by atoms with Crippen LogP contribution in [0.5, 0.6) is 17.2 Å². The van der Waals surface area contributed by atoms with E-state index < -0.39 is 0 Å². The van der Waals surface area contributed by atoms with E-state index in [1.807, 2.05) is 31.2 Å².